The van der Waals surface area contributed by atoms with Crippen molar-refractivity contribution in [3.05, 3.63) is 0 Å². The number of carbonyl (C=O) groups excluding carboxylic acids is 1. The van der Waals surface area contributed by atoms with E-state index < -0.39 is 9.84 Å². The Morgan fingerprint density at radius 1 is 1.19 bits per heavy atom. The highest BCUT2D eigenvalue weighted by Gasteiger charge is 2.43. The Balaban J connectivity index is 1.62. The minimum atomic E-state index is -3.04. The molecule has 3 saturated carbocycles. The lowest BCUT2D eigenvalue weighted by molar-refractivity contribution is -0.134. The lowest BCUT2D eigenvalue weighted by atomic mass is 9.86. The zero-order valence-corrected chi connectivity index (χ0v) is 13.9. The Labute approximate surface area is 128 Å². The van der Waals surface area contributed by atoms with E-state index in [1.54, 1.807) is 0 Å². The van der Waals surface area contributed by atoms with Crippen LogP contribution in [-0.2, 0) is 14.6 Å². The van der Waals surface area contributed by atoms with Gasteiger partial charge in [0.15, 0.2) is 0 Å². The number of carbonyl (C=O) groups is 1. The quantitative estimate of drug-likeness (QED) is 0.755. The van der Waals surface area contributed by atoms with E-state index in [4.69, 9.17) is 0 Å². The summed E-state index contributed by atoms with van der Waals surface area (Å²) in [6.07, 6.45) is 9.17. The monoisotopic (exact) mass is 313 g/mol. The number of amides is 1. The number of hydrogen-bond acceptors (Lipinski definition) is 3. The third-order valence-electron chi connectivity index (χ3n) is 5.57. The van der Waals surface area contributed by atoms with E-state index in [1.807, 2.05) is 11.8 Å². The first-order valence-electron chi connectivity index (χ1n) is 8.32. The van der Waals surface area contributed by atoms with Crippen LogP contribution in [0.15, 0.2) is 0 Å². The fourth-order valence-electron chi connectivity index (χ4n) is 4.64. The van der Waals surface area contributed by atoms with Gasteiger partial charge in [-0.2, -0.15) is 0 Å². The van der Waals surface area contributed by atoms with Crippen LogP contribution in [-0.4, -0.2) is 43.3 Å². The summed E-state index contributed by atoms with van der Waals surface area (Å²) in [4.78, 5) is 14.6. The zero-order valence-electron chi connectivity index (χ0n) is 13.1. The Hall–Kier alpha value is -0.580. The maximum Gasteiger partial charge on any atom is 0.223 e. The largest absolute Gasteiger partial charge is 0.336 e. The van der Waals surface area contributed by atoms with Gasteiger partial charge >= 0.3 is 0 Å². The molecule has 3 aliphatic rings. The van der Waals surface area contributed by atoms with Crippen LogP contribution in [0.2, 0.25) is 0 Å². The predicted molar refractivity (Wildman–Crippen MR) is 82.6 cm³/mol. The SMILES string of the molecule is C[C@@H](CS(C)(=O)=O)N(C(=O)C[C@H]1C[C@H]2CC[C@H]1C2)C1CC1. The third-order valence-corrected chi connectivity index (χ3v) is 6.66. The first kappa shape index (κ1) is 15.3. The van der Waals surface area contributed by atoms with Crippen molar-refractivity contribution < 1.29 is 13.2 Å². The van der Waals surface area contributed by atoms with Gasteiger partial charge in [0.25, 0.3) is 0 Å². The maximum atomic E-state index is 12.7. The van der Waals surface area contributed by atoms with Gasteiger partial charge in [0.05, 0.1) is 5.75 Å². The second kappa shape index (κ2) is 5.56. The van der Waals surface area contributed by atoms with E-state index >= 15 is 0 Å². The van der Waals surface area contributed by atoms with Gasteiger partial charge in [0.1, 0.15) is 9.84 Å². The highest BCUT2D eigenvalue weighted by Crippen LogP contribution is 2.50. The molecule has 5 heteroatoms. The Kier molecular flexibility index (Phi) is 4.06. The number of hydrogen-bond donors (Lipinski definition) is 0. The molecule has 0 aliphatic heterocycles. The summed E-state index contributed by atoms with van der Waals surface area (Å²) in [5, 5.41) is 0. The van der Waals surface area contributed by atoms with Crippen molar-refractivity contribution in [2.75, 3.05) is 12.0 Å². The van der Waals surface area contributed by atoms with E-state index in [9.17, 15) is 13.2 Å². The van der Waals surface area contributed by atoms with Gasteiger partial charge in [-0.15, -0.1) is 0 Å². The Bertz CT molecular complexity index is 512. The van der Waals surface area contributed by atoms with Crippen LogP contribution >= 0.6 is 0 Å². The van der Waals surface area contributed by atoms with Crippen LogP contribution in [0.5, 0.6) is 0 Å². The number of nitrogens with zero attached hydrogens (tertiary/aromatic N) is 1. The lowest BCUT2D eigenvalue weighted by Crippen LogP contribution is -2.44. The van der Waals surface area contributed by atoms with Gasteiger partial charge in [0.2, 0.25) is 5.91 Å². The average molecular weight is 313 g/mol. The van der Waals surface area contributed by atoms with Crippen molar-refractivity contribution in [2.24, 2.45) is 17.8 Å². The summed E-state index contributed by atoms with van der Waals surface area (Å²) in [6, 6.07) is 0.117. The molecule has 3 fully saturated rings. The summed E-state index contributed by atoms with van der Waals surface area (Å²) in [6.45, 7) is 1.89. The molecule has 21 heavy (non-hydrogen) atoms. The first-order chi connectivity index (χ1) is 9.83. The zero-order chi connectivity index (χ0) is 15.2. The van der Waals surface area contributed by atoms with Crippen LogP contribution in [0.1, 0.15) is 51.9 Å². The lowest BCUT2D eigenvalue weighted by Gasteiger charge is -2.31. The highest BCUT2D eigenvalue weighted by molar-refractivity contribution is 7.90. The molecule has 0 aromatic carbocycles. The van der Waals surface area contributed by atoms with Gasteiger partial charge in [-0.25, -0.2) is 8.42 Å². The minimum absolute atomic E-state index is 0.0892. The predicted octanol–water partition coefficient (Wildman–Crippen LogP) is 2.24. The van der Waals surface area contributed by atoms with E-state index in [2.05, 4.69) is 0 Å². The molecule has 0 spiro atoms. The second-order valence-corrected chi connectivity index (χ2v) is 9.80. The molecule has 0 unspecified atom stereocenters. The molecule has 0 radical (unpaired) electrons. The Morgan fingerprint density at radius 2 is 1.90 bits per heavy atom. The molecular formula is C16H27NO3S. The van der Waals surface area contributed by atoms with Crippen LogP contribution in [0, 0.1) is 17.8 Å². The van der Waals surface area contributed by atoms with Crippen molar-refractivity contribution in [3.63, 3.8) is 0 Å². The van der Waals surface area contributed by atoms with Crippen molar-refractivity contribution >= 4 is 15.7 Å². The molecular weight excluding hydrogens is 286 g/mol. The van der Waals surface area contributed by atoms with Gasteiger partial charge < -0.3 is 4.90 Å². The summed E-state index contributed by atoms with van der Waals surface area (Å²) in [5.41, 5.74) is 0. The van der Waals surface area contributed by atoms with Crippen LogP contribution in [0.4, 0.5) is 0 Å². The van der Waals surface area contributed by atoms with Crippen LogP contribution in [0.3, 0.4) is 0 Å². The first-order valence-corrected chi connectivity index (χ1v) is 10.4. The van der Waals surface area contributed by atoms with Gasteiger partial charge in [-0.1, -0.05) is 6.42 Å². The normalized spacial score (nSPS) is 33.1. The number of rotatable bonds is 6. The minimum Gasteiger partial charge on any atom is -0.336 e. The molecule has 0 saturated heterocycles. The summed E-state index contributed by atoms with van der Waals surface area (Å²) < 4.78 is 23.0. The van der Waals surface area contributed by atoms with Crippen LogP contribution < -0.4 is 0 Å². The molecule has 4 nitrogen and oxygen atoms in total. The fourth-order valence-corrected chi connectivity index (χ4v) is 5.67. The fraction of sp³-hybridized carbons (Fsp3) is 0.938. The number of sulfone groups is 1. The molecule has 4 atom stereocenters. The topological polar surface area (TPSA) is 54.5 Å². The van der Waals surface area contributed by atoms with Crippen molar-refractivity contribution in [1.82, 2.24) is 4.90 Å². The van der Waals surface area contributed by atoms with Gasteiger partial charge in [-0.3, -0.25) is 4.79 Å². The highest BCUT2D eigenvalue weighted by atomic mass is 32.2. The molecule has 0 N–H and O–H groups in total. The molecule has 3 aliphatic carbocycles. The third kappa shape index (κ3) is 3.61. The standard InChI is InChI=1S/C16H27NO3S/c1-11(10-21(2,19)20)17(15-5-6-15)16(18)9-14-8-12-3-4-13(14)7-12/h11-15H,3-10H2,1-2H3/t11-,12-,13-,14+/m0/s1. The van der Waals surface area contributed by atoms with E-state index in [1.165, 1.54) is 31.9 Å². The smallest absolute Gasteiger partial charge is 0.223 e. The maximum absolute atomic E-state index is 12.7. The Morgan fingerprint density at radius 3 is 2.38 bits per heavy atom. The molecule has 3 rings (SSSR count). The van der Waals surface area contributed by atoms with Crippen LogP contribution in [0.25, 0.3) is 0 Å². The molecule has 0 aromatic heterocycles. The van der Waals surface area contributed by atoms with Gasteiger partial charge in [-0.05, 0) is 56.8 Å². The molecule has 1 amide bonds. The van der Waals surface area contributed by atoms with E-state index in [-0.39, 0.29) is 17.7 Å². The number of fused-ring (bicyclic) bond motifs is 2. The van der Waals surface area contributed by atoms with E-state index in [0.717, 1.165) is 24.7 Å². The summed E-state index contributed by atoms with van der Waals surface area (Å²) in [5.74, 6) is 2.46. The average Bonchev–Trinajstić information content (AvgIpc) is 2.95. The van der Waals surface area contributed by atoms with Gasteiger partial charge in [0, 0.05) is 24.8 Å². The molecule has 2 bridgehead atoms. The van der Waals surface area contributed by atoms with Crippen molar-refractivity contribution in [2.45, 2.75) is 64.0 Å². The second-order valence-electron chi connectivity index (χ2n) is 7.61. The summed E-state index contributed by atoms with van der Waals surface area (Å²) in [7, 11) is -3.04. The molecule has 0 aromatic rings. The van der Waals surface area contributed by atoms with E-state index in [0.29, 0.717) is 18.4 Å². The summed E-state index contributed by atoms with van der Waals surface area (Å²) >= 11 is 0. The molecule has 120 valence electrons. The van der Waals surface area contributed by atoms with Crippen molar-refractivity contribution in [3.8, 4) is 0 Å². The molecule has 0 heterocycles. The van der Waals surface area contributed by atoms with Crippen molar-refractivity contribution in [1.29, 1.82) is 0 Å².